The Morgan fingerprint density at radius 2 is 1.94 bits per heavy atom. The Morgan fingerprint density at radius 3 is 2.71 bits per heavy atom. The summed E-state index contributed by atoms with van der Waals surface area (Å²) in [6.45, 7) is 3.72. The molecule has 0 amide bonds. The van der Waals surface area contributed by atoms with Gasteiger partial charge in [-0.05, 0) is 36.7 Å². The molecule has 17 heavy (non-hydrogen) atoms. The Balaban J connectivity index is 1.52. The van der Waals surface area contributed by atoms with E-state index in [2.05, 4.69) is 35.2 Å². The van der Waals surface area contributed by atoms with Gasteiger partial charge in [0.2, 0.25) is 0 Å². The standard InChI is InChI=1S/C15H22N2/c16-15-7-6-13-10-17(11-14(13)15)9-8-12-4-2-1-3-5-12/h1-5,13-15H,6-11,16H2/t13-,14+,15?/m0/s1. The summed E-state index contributed by atoms with van der Waals surface area (Å²) in [5, 5.41) is 0. The van der Waals surface area contributed by atoms with Gasteiger partial charge in [0.05, 0.1) is 0 Å². The lowest BCUT2D eigenvalue weighted by molar-refractivity contribution is 0.309. The van der Waals surface area contributed by atoms with E-state index in [1.165, 1.54) is 44.5 Å². The summed E-state index contributed by atoms with van der Waals surface area (Å²) in [5.41, 5.74) is 7.62. The lowest BCUT2D eigenvalue weighted by atomic mass is 9.98. The highest BCUT2D eigenvalue weighted by Gasteiger charge is 2.40. The van der Waals surface area contributed by atoms with Gasteiger partial charge in [-0.3, -0.25) is 0 Å². The summed E-state index contributed by atoms with van der Waals surface area (Å²) in [4.78, 5) is 2.61. The maximum absolute atomic E-state index is 6.16. The zero-order valence-electron chi connectivity index (χ0n) is 10.4. The average Bonchev–Trinajstić information content (AvgIpc) is 2.91. The molecule has 2 nitrogen and oxygen atoms in total. The minimum absolute atomic E-state index is 0.474. The Labute approximate surface area is 104 Å². The molecule has 2 N–H and O–H groups in total. The Hall–Kier alpha value is -0.860. The van der Waals surface area contributed by atoms with Gasteiger partial charge in [-0.2, -0.15) is 0 Å². The highest BCUT2D eigenvalue weighted by molar-refractivity contribution is 5.15. The van der Waals surface area contributed by atoms with Gasteiger partial charge in [0.1, 0.15) is 0 Å². The molecule has 1 aliphatic carbocycles. The van der Waals surface area contributed by atoms with Crippen molar-refractivity contribution in [2.24, 2.45) is 17.6 Å². The number of rotatable bonds is 3. The second kappa shape index (κ2) is 4.79. The van der Waals surface area contributed by atoms with Crippen LogP contribution in [0, 0.1) is 11.8 Å². The molecule has 92 valence electrons. The second-order valence-corrected chi connectivity index (χ2v) is 5.66. The van der Waals surface area contributed by atoms with Crippen LogP contribution in [-0.2, 0) is 6.42 Å². The van der Waals surface area contributed by atoms with Crippen molar-refractivity contribution in [1.29, 1.82) is 0 Å². The molecule has 1 aliphatic heterocycles. The van der Waals surface area contributed by atoms with Crippen LogP contribution < -0.4 is 5.73 Å². The third kappa shape index (κ3) is 2.38. The first-order valence-corrected chi connectivity index (χ1v) is 6.85. The Kier molecular flexibility index (Phi) is 3.17. The second-order valence-electron chi connectivity index (χ2n) is 5.66. The molecule has 0 radical (unpaired) electrons. The van der Waals surface area contributed by atoms with Crippen molar-refractivity contribution in [3.63, 3.8) is 0 Å². The fourth-order valence-corrected chi connectivity index (χ4v) is 3.51. The van der Waals surface area contributed by atoms with Crippen LogP contribution in [0.3, 0.4) is 0 Å². The third-order valence-electron chi connectivity index (χ3n) is 4.55. The SMILES string of the molecule is NC1CC[C@H]2CN(CCc3ccccc3)C[C@@H]12. The predicted molar refractivity (Wildman–Crippen MR) is 70.8 cm³/mol. The fourth-order valence-electron chi connectivity index (χ4n) is 3.51. The van der Waals surface area contributed by atoms with Gasteiger partial charge in [0, 0.05) is 25.7 Å². The first-order chi connectivity index (χ1) is 8.33. The van der Waals surface area contributed by atoms with Gasteiger partial charge in [0.15, 0.2) is 0 Å². The number of hydrogen-bond acceptors (Lipinski definition) is 2. The lowest BCUT2D eigenvalue weighted by Gasteiger charge is -2.18. The Morgan fingerprint density at radius 1 is 1.12 bits per heavy atom. The molecule has 1 aromatic carbocycles. The molecule has 2 heteroatoms. The molecule has 3 rings (SSSR count). The van der Waals surface area contributed by atoms with Crippen molar-refractivity contribution in [1.82, 2.24) is 4.90 Å². The van der Waals surface area contributed by atoms with E-state index in [9.17, 15) is 0 Å². The number of benzene rings is 1. The van der Waals surface area contributed by atoms with Gasteiger partial charge < -0.3 is 10.6 Å². The highest BCUT2D eigenvalue weighted by atomic mass is 15.2. The van der Waals surface area contributed by atoms with Crippen LogP contribution in [0.1, 0.15) is 18.4 Å². The molecular formula is C15H22N2. The van der Waals surface area contributed by atoms with Gasteiger partial charge in [-0.15, -0.1) is 0 Å². The summed E-state index contributed by atoms with van der Waals surface area (Å²) < 4.78 is 0. The quantitative estimate of drug-likeness (QED) is 0.859. The minimum atomic E-state index is 0.474. The fraction of sp³-hybridized carbons (Fsp3) is 0.600. The predicted octanol–water partition coefficient (Wildman–Crippen LogP) is 1.90. The molecule has 3 atom stereocenters. The molecule has 2 fully saturated rings. The van der Waals surface area contributed by atoms with E-state index < -0.39 is 0 Å². The Bertz CT molecular complexity index is 362. The van der Waals surface area contributed by atoms with Crippen molar-refractivity contribution in [3.05, 3.63) is 35.9 Å². The summed E-state index contributed by atoms with van der Waals surface area (Å²) >= 11 is 0. The zero-order valence-corrected chi connectivity index (χ0v) is 10.4. The smallest absolute Gasteiger partial charge is 0.00826 e. The molecule has 1 saturated heterocycles. The van der Waals surface area contributed by atoms with Crippen LogP contribution in [0.2, 0.25) is 0 Å². The molecule has 0 spiro atoms. The van der Waals surface area contributed by atoms with E-state index in [1.54, 1.807) is 0 Å². The largest absolute Gasteiger partial charge is 0.327 e. The van der Waals surface area contributed by atoms with E-state index in [0.29, 0.717) is 6.04 Å². The topological polar surface area (TPSA) is 29.3 Å². The van der Waals surface area contributed by atoms with E-state index >= 15 is 0 Å². The summed E-state index contributed by atoms with van der Waals surface area (Å²) in [6.07, 6.45) is 3.78. The first-order valence-electron chi connectivity index (χ1n) is 6.85. The molecule has 1 heterocycles. The van der Waals surface area contributed by atoms with Crippen LogP contribution in [0.4, 0.5) is 0 Å². The number of likely N-dealkylation sites (tertiary alicyclic amines) is 1. The van der Waals surface area contributed by atoms with Crippen LogP contribution in [0.5, 0.6) is 0 Å². The minimum Gasteiger partial charge on any atom is -0.327 e. The highest BCUT2D eigenvalue weighted by Crippen LogP contribution is 2.36. The van der Waals surface area contributed by atoms with Crippen molar-refractivity contribution >= 4 is 0 Å². The van der Waals surface area contributed by atoms with Crippen molar-refractivity contribution < 1.29 is 0 Å². The number of nitrogens with two attached hydrogens (primary N) is 1. The van der Waals surface area contributed by atoms with E-state index in [0.717, 1.165) is 11.8 Å². The lowest BCUT2D eigenvalue weighted by Crippen LogP contribution is -2.31. The van der Waals surface area contributed by atoms with Crippen molar-refractivity contribution in [2.75, 3.05) is 19.6 Å². The number of fused-ring (bicyclic) bond motifs is 1. The summed E-state index contributed by atoms with van der Waals surface area (Å²) in [6, 6.07) is 11.3. The summed E-state index contributed by atoms with van der Waals surface area (Å²) in [7, 11) is 0. The maximum atomic E-state index is 6.16. The van der Waals surface area contributed by atoms with E-state index in [-0.39, 0.29) is 0 Å². The molecule has 1 unspecified atom stereocenters. The monoisotopic (exact) mass is 230 g/mol. The summed E-state index contributed by atoms with van der Waals surface area (Å²) in [5.74, 6) is 1.67. The maximum Gasteiger partial charge on any atom is 0.00826 e. The van der Waals surface area contributed by atoms with Gasteiger partial charge in [0.25, 0.3) is 0 Å². The number of hydrogen-bond donors (Lipinski definition) is 1. The van der Waals surface area contributed by atoms with Crippen LogP contribution in [0.25, 0.3) is 0 Å². The molecule has 1 saturated carbocycles. The number of nitrogens with zero attached hydrogens (tertiary/aromatic N) is 1. The van der Waals surface area contributed by atoms with E-state index in [1.807, 2.05) is 0 Å². The molecule has 2 aliphatic rings. The molecular weight excluding hydrogens is 208 g/mol. The first kappa shape index (κ1) is 11.2. The normalized spacial score (nSPS) is 32.9. The average molecular weight is 230 g/mol. The van der Waals surface area contributed by atoms with Gasteiger partial charge in [-0.25, -0.2) is 0 Å². The van der Waals surface area contributed by atoms with Crippen molar-refractivity contribution in [3.8, 4) is 0 Å². The van der Waals surface area contributed by atoms with Crippen LogP contribution in [0.15, 0.2) is 30.3 Å². The third-order valence-corrected chi connectivity index (χ3v) is 4.55. The molecule has 1 aromatic rings. The van der Waals surface area contributed by atoms with Crippen LogP contribution >= 0.6 is 0 Å². The molecule has 0 bridgehead atoms. The zero-order chi connectivity index (χ0) is 11.7. The van der Waals surface area contributed by atoms with Gasteiger partial charge in [-0.1, -0.05) is 30.3 Å². The van der Waals surface area contributed by atoms with E-state index in [4.69, 9.17) is 5.73 Å². The van der Waals surface area contributed by atoms with Crippen molar-refractivity contribution in [2.45, 2.75) is 25.3 Å². The van der Waals surface area contributed by atoms with Gasteiger partial charge >= 0.3 is 0 Å². The molecule has 0 aromatic heterocycles. The van der Waals surface area contributed by atoms with Crippen LogP contribution in [-0.4, -0.2) is 30.6 Å².